The number of hydrogen-bond acceptors (Lipinski definition) is 7. The summed E-state index contributed by atoms with van der Waals surface area (Å²) in [7, 11) is -4.40. The van der Waals surface area contributed by atoms with Crippen molar-refractivity contribution in [3.63, 3.8) is 0 Å². The molecule has 3 aromatic rings. The van der Waals surface area contributed by atoms with Crippen LogP contribution < -0.4 is 16.4 Å². The number of thioether (sulfide) groups is 1. The van der Waals surface area contributed by atoms with Crippen molar-refractivity contribution < 1.29 is 38.3 Å². The Hall–Kier alpha value is -3.74. The van der Waals surface area contributed by atoms with Gasteiger partial charge in [0.25, 0.3) is 0 Å². The summed E-state index contributed by atoms with van der Waals surface area (Å²) >= 11 is 6.69. The fraction of sp³-hybridized carbons (Fsp3) is 0.382. The number of amides is 4. The first kappa shape index (κ1) is 38.1. The molecule has 3 unspecified atom stereocenters. The van der Waals surface area contributed by atoms with Crippen molar-refractivity contribution in [2.75, 3.05) is 24.3 Å². The van der Waals surface area contributed by atoms with Crippen molar-refractivity contribution in [2.45, 2.75) is 56.5 Å². The Morgan fingerprint density at radius 2 is 1.69 bits per heavy atom. The molecule has 0 aromatic heterocycles. The second-order valence-corrected chi connectivity index (χ2v) is 15.5. The van der Waals surface area contributed by atoms with E-state index in [2.05, 4.69) is 10.6 Å². The Kier molecular flexibility index (Phi) is 13.8. The molecular weight excluding hydrogens is 691 g/mol. The van der Waals surface area contributed by atoms with E-state index in [1.165, 1.54) is 4.90 Å². The molecule has 1 heterocycles. The van der Waals surface area contributed by atoms with Crippen LogP contribution in [0.15, 0.2) is 66.7 Å². The zero-order chi connectivity index (χ0) is 35.6. The summed E-state index contributed by atoms with van der Waals surface area (Å²) in [5.41, 5.74) is 6.27. The maximum Gasteiger partial charge on any atom is 0.335 e. The molecule has 0 aliphatic carbocycles. The quantitative estimate of drug-likeness (QED) is 0.107. The normalized spacial score (nSPS) is 16.1. The molecule has 0 radical (unpaired) electrons. The average molecular weight is 731 g/mol. The third-order valence-corrected chi connectivity index (χ3v) is 11.1. The van der Waals surface area contributed by atoms with Crippen LogP contribution in [0.1, 0.15) is 60.4 Å². The topological polar surface area (TPSA) is 196 Å². The van der Waals surface area contributed by atoms with Crippen molar-refractivity contribution in [1.29, 1.82) is 0 Å². The first-order chi connectivity index (χ1) is 23.3. The standard InChI is InChI=1S/C34H40ClN4O8PS/c35-26-15-13-23(14-16-26)30(40)9-5-10-31(41)38-28(20-49-21-48(45,46)47)34(44)39-17-4-3-8-29(39)33(43)37-19-27(32(36)42)25-12-11-22-6-1-2-7-24(22)18-25/h1-2,6-7,11-16,18,27-29H,3-5,8-10,17,19-21H2,(H2,36,42)(H,37,43)(H,38,41)(H2,45,46,47). The summed E-state index contributed by atoms with van der Waals surface area (Å²) in [6.45, 7) is 0.143. The minimum Gasteiger partial charge on any atom is -0.369 e. The van der Waals surface area contributed by atoms with Crippen molar-refractivity contribution in [2.24, 2.45) is 5.73 Å². The van der Waals surface area contributed by atoms with Gasteiger partial charge < -0.3 is 31.1 Å². The number of nitrogens with zero attached hydrogens (tertiary/aromatic N) is 1. The second-order valence-electron chi connectivity index (χ2n) is 11.9. The monoisotopic (exact) mass is 730 g/mol. The predicted molar refractivity (Wildman–Crippen MR) is 189 cm³/mol. The lowest BCUT2D eigenvalue weighted by molar-refractivity contribution is -0.144. The second kappa shape index (κ2) is 17.8. The molecule has 3 aromatic carbocycles. The van der Waals surface area contributed by atoms with Gasteiger partial charge in [-0.05, 0) is 66.3 Å². The molecule has 4 amide bonds. The number of piperidine rings is 1. The summed E-state index contributed by atoms with van der Waals surface area (Å²) in [5, 5.41) is 7.85. The Morgan fingerprint density at radius 3 is 2.39 bits per heavy atom. The van der Waals surface area contributed by atoms with Gasteiger partial charge in [0.1, 0.15) is 12.1 Å². The van der Waals surface area contributed by atoms with E-state index in [0.717, 1.165) is 22.5 Å². The average Bonchev–Trinajstić information content (AvgIpc) is 3.07. The van der Waals surface area contributed by atoms with Crippen LogP contribution in [0.25, 0.3) is 10.8 Å². The number of ketones is 1. The minimum atomic E-state index is -4.40. The van der Waals surface area contributed by atoms with Gasteiger partial charge in [0.15, 0.2) is 5.78 Å². The molecule has 15 heteroatoms. The number of primary amides is 1. The molecule has 12 nitrogen and oxygen atoms in total. The Labute approximate surface area is 293 Å². The third kappa shape index (κ3) is 11.4. The van der Waals surface area contributed by atoms with Crippen LogP contribution >= 0.6 is 31.0 Å². The fourth-order valence-corrected chi connectivity index (χ4v) is 7.68. The Morgan fingerprint density at radius 1 is 0.980 bits per heavy atom. The largest absolute Gasteiger partial charge is 0.369 e. The highest BCUT2D eigenvalue weighted by molar-refractivity contribution is 8.04. The van der Waals surface area contributed by atoms with Crippen LogP contribution in [-0.4, -0.2) is 80.5 Å². The maximum absolute atomic E-state index is 13.9. The molecule has 49 heavy (non-hydrogen) atoms. The van der Waals surface area contributed by atoms with Crippen molar-refractivity contribution in [3.05, 3.63) is 82.9 Å². The number of hydrogen-bond donors (Lipinski definition) is 5. The summed E-state index contributed by atoms with van der Waals surface area (Å²) < 4.78 is 11.5. The number of carbonyl (C=O) groups is 5. The van der Waals surface area contributed by atoms with Gasteiger partial charge in [-0.3, -0.25) is 28.5 Å². The van der Waals surface area contributed by atoms with Crippen molar-refractivity contribution >= 4 is 71.1 Å². The zero-order valence-electron chi connectivity index (χ0n) is 26.8. The number of halogens is 1. The summed E-state index contributed by atoms with van der Waals surface area (Å²) in [6.07, 6.45) is 1.84. The SMILES string of the molecule is NC(=O)C(CNC(=O)C1CCCCN1C(=O)C(CSCP(=O)(O)O)NC(=O)CCCC(=O)c1ccc(Cl)cc1)c1ccc2ccccc2c1. The number of nitrogens with two attached hydrogens (primary N) is 1. The first-order valence-corrected chi connectivity index (χ1v) is 19.2. The van der Waals surface area contributed by atoms with Gasteiger partial charge in [-0.2, -0.15) is 0 Å². The molecule has 4 rings (SSSR count). The molecule has 0 saturated carbocycles. The highest BCUT2D eigenvalue weighted by Gasteiger charge is 2.36. The van der Waals surface area contributed by atoms with Crippen LogP contribution in [0, 0.1) is 0 Å². The fourth-order valence-electron chi connectivity index (χ4n) is 5.72. The number of carbonyl (C=O) groups excluding carboxylic acids is 5. The van der Waals surface area contributed by atoms with E-state index in [1.54, 1.807) is 30.3 Å². The van der Waals surface area contributed by atoms with E-state index < -0.39 is 54.7 Å². The van der Waals surface area contributed by atoms with Gasteiger partial charge in [-0.15, -0.1) is 11.8 Å². The molecule has 1 aliphatic heterocycles. The lowest BCUT2D eigenvalue weighted by Gasteiger charge is -2.37. The predicted octanol–water partition coefficient (Wildman–Crippen LogP) is 3.97. The third-order valence-electron chi connectivity index (χ3n) is 8.24. The number of nitrogens with one attached hydrogen (secondary N) is 2. The molecule has 6 N–H and O–H groups in total. The van der Waals surface area contributed by atoms with E-state index in [4.69, 9.17) is 17.3 Å². The highest BCUT2D eigenvalue weighted by atomic mass is 35.5. The first-order valence-electron chi connectivity index (χ1n) is 15.9. The number of likely N-dealkylation sites (tertiary alicyclic amines) is 1. The van der Waals surface area contributed by atoms with Gasteiger partial charge in [-0.1, -0.05) is 54.1 Å². The maximum atomic E-state index is 13.9. The van der Waals surface area contributed by atoms with E-state index in [0.29, 0.717) is 35.4 Å². The summed E-state index contributed by atoms with van der Waals surface area (Å²) in [6, 6.07) is 17.5. The molecule has 262 valence electrons. The zero-order valence-corrected chi connectivity index (χ0v) is 29.2. The summed E-state index contributed by atoms with van der Waals surface area (Å²) in [5.74, 6) is -3.31. The highest BCUT2D eigenvalue weighted by Crippen LogP contribution is 2.38. The van der Waals surface area contributed by atoms with Crippen molar-refractivity contribution in [1.82, 2.24) is 15.5 Å². The number of fused-ring (bicyclic) bond motifs is 1. The van der Waals surface area contributed by atoms with E-state index in [-0.39, 0.29) is 43.9 Å². The Bertz CT molecular complexity index is 1720. The molecule has 0 bridgehead atoms. The van der Waals surface area contributed by atoms with Gasteiger partial charge in [0.2, 0.25) is 23.6 Å². The van der Waals surface area contributed by atoms with E-state index in [9.17, 15) is 38.3 Å². The van der Waals surface area contributed by atoms with Gasteiger partial charge >= 0.3 is 7.60 Å². The van der Waals surface area contributed by atoms with Crippen LogP contribution in [0.2, 0.25) is 5.02 Å². The molecular formula is C34H40ClN4O8PS. The molecule has 1 fully saturated rings. The lowest BCUT2D eigenvalue weighted by Crippen LogP contribution is -2.58. The van der Waals surface area contributed by atoms with Gasteiger partial charge in [-0.25, -0.2) is 0 Å². The van der Waals surface area contributed by atoms with Crippen LogP contribution in [0.5, 0.6) is 0 Å². The van der Waals surface area contributed by atoms with E-state index in [1.807, 2.05) is 36.4 Å². The van der Waals surface area contributed by atoms with E-state index >= 15 is 0 Å². The number of benzene rings is 3. The smallest absolute Gasteiger partial charge is 0.335 e. The molecule has 1 aliphatic rings. The molecule has 1 saturated heterocycles. The summed E-state index contributed by atoms with van der Waals surface area (Å²) in [4.78, 5) is 85.4. The number of Topliss-reactive ketones (excluding diaryl/α,β-unsaturated/α-hetero) is 1. The van der Waals surface area contributed by atoms with Crippen LogP contribution in [0.4, 0.5) is 0 Å². The molecule has 0 spiro atoms. The Balaban J connectivity index is 1.41. The van der Waals surface area contributed by atoms with Crippen LogP contribution in [-0.2, 0) is 23.7 Å². The lowest BCUT2D eigenvalue weighted by atomic mass is 9.95. The number of rotatable bonds is 16. The minimum absolute atomic E-state index is 0.0700. The van der Waals surface area contributed by atoms with Crippen LogP contribution in [0.3, 0.4) is 0 Å². The van der Waals surface area contributed by atoms with Crippen molar-refractivity contribution in [3.8, 4) is 0 Å². The molecule has 3 atom stereocenters. The van der Waals surface area contributed by atoms with Gasteiger partial charge in [0, 0.05) is 42.3 Å². The van der Waals surface area contributed by atoms with Gasteiger partial charge in [0.05, 0.1) is 11.4 Å².